The summed E-state index contributed by atoms with van der Waals surface area (Å²) in [5.74, 6) is 0.281. The van der Waals surface area contributed by atoms with Crippen molar-refractivity contribution >= 4 is 43.6 Å². The van der Waals surface area contributed by atoms with E-state index in [1.165, 1.54) is 28.7 Å². The number of nitrogen functional groups attached to an aromatic ring is 1. The van der Waals surface area contributed by atoms with Gasteiger partial charge in [0, 0.05) is 0 Å². The topological polar surface area (TPSA) is 304 Å². The van der Waals surface area contributed by atoms with E-state index in [0.717, 1.165) is 6.33 Å². The summed E-state index contributed by atoms with van der Waals surface area (Å²) in [5.41, 5.74) is 5.63. The maximum absolute atomic E-state index is 13.3. The summed E-state index contributed by atoms with van der Waals surface area (Å²) in [4.78, 5) is 56.5. The summed E-state index contributed by atoms with van der Waals surface area (Å²) in [7, 11) is -9.63. The van der Waals surface area contributed by atoms with Crippen LogP contribution in [0.1, 0.15) is 18.3 Å². The number of fused-ring (bicyclic) bond motifs is 5. The van der Waals surface area contributed by atoms with E-state index in [9.17, 15) is 33.9 Å². The number of phosphoric acid groups is 1. The molecule has 4 unspecified atom stereocenters. The monoisotopic (exact) mass is 687 g/mol. The van der Waals surface area contributed by atoms with Crippen LogP contribution >= 0.6 is 15.4 Å². The van der Waals surface area contributed by atoms with Crippen molar-refractivity contribution in [2.45, 2.75) is 56.0 Å². The van der Waals surface area contributed by atoms with Gasteiger partial charge >= 0.3 is 15.4 Å². The summed E-state index contributed by atoms with van der Waals surface area (Å²) in [6, 6.07) is 0. The van der Waals surface area contributed by atoms with Crippen molar-refractivity contribution in [3.8, 4) is 0 Å². The number of aromatic nitrogens is 8. The molecule has 3 fully saturated rings. The van der Waals surface area contributed by atoms with Gasteiger partial charge in [-0.05, 0) is 6.92 Å². The van der Waals surface area contributed by atoms with Gasteiger partial charge in [-0.2, -0.15) is 0 Å². The number of nitrogens with zero attached hydrogens (tertiary/aromatic N) is 7. The molecule has 3 aliphatic heterocycles. The minimum absolute atomic E-state index is 0.0310. The molecule has 10 atom stereocenters. The molecule has 0 amide bonds. The van der Waals surface area contributed by atoms with E-state index in [-0.39, 0.29) is 34.0 Å². The van der Waals surface area contributed by atoms with Gasteiger partial charge in [0.1, 0.15) is 60.6 Å². The van der Waals surface area contributed by atoms with Gasteiger partial charge in [-0.25, -0.2) is 29.5 Å². The minimum Gasteiger partial charge on any atom is -0.387 e. The molecule has 3 aliphatic rings. The van der Waals surface area contributed by atoms with E-state index in [0.29, 0.717) is 0 Å². The molecule has 0 aliphatic carbocycles. The first-order chi connectivity index (χ1) is 21.8. The fourth-order valence-corrected chi connectivity index (χ4v) is 7.27. The lowest BCUT2D eigenvalue weighted by atomic mass is 10.1. The highest BCUT2D eigenvalue weighted by molar-refractivity contribution is 7.52. The molecule has 24 heteroatoms. The van der Waals surface area contributed by atoms with Gasteiger partial charge in [0.25, 0.3) is 5.56 Å². The van der Waals surface area contributed by atoms with Crippen molar-refractivity contribution in [1.29, 1.82) is 0 Å². The summed E-state index contributed by atoms with van der Waals surface area (Å²) >= 11 is 0. The molecule has 3 saturated heterocycles. The highest BCUT2D eigenvalue weighted by Gasteiger charge is 2.52. The van der Waals surface area contributed by atoms with Gasteiger partial charge in [0.15, 0.2) is 35.1 Å². The zero-order chi connectivity index (χ0) is 32.5. The Hall–Kier alpha value is -3.24. The lowest BCUT2D eigenvalue weighted by Crippen LogP contribution is -2.38. The number of aryl methyl sites for hydroxylation is 1. The van der Waals surface area contributed by atoms with Crippen LogP contribution in [0.25, 0.3) is 22.3 Å². The molecule has 4 aromatic heterocycles. The molecule has 0 radical (unpaired) electrons. The zero-order valence-corrected chi connectivity index (χ0v) is 25.3. The lowest BCUT2D eigenvalue weighted by Gasteiger charge is -2.26. The molecule has 2 bridgehead atoms. The van der Waals surface area contributed by atoms with Gasteiger partial charge in [0.2, 0.25) is 0 Å². The fourth-order valence-electron chi connectivity index (χ4n) is 5.52. The Kier molecular flexibility index (Phi) is 7.82. The Labute approximate surface area is 256 Å². The SMILES string of the molecule is Cc1nc2c(ncn2[C@@H]2O[C@@H]3COP(=O)(O)OC4[C@@H](O)[C@@H](COP(=O)(O)CO[C@@H]3C2O)O[C@H]4n2cnc3c(N)ncnc32)c(=O)[nH]1. The Morgan fingerprint density at radius 3 is 2.39 bits per heavy atom. The maximum Gasteiger partial charge on any atom is 0.472 e. The molecule has 7 rings (SSSR count). The van der Waals surface area contributed by atoms with Crippen molar-refractivity contribution in [1.82, 2.24) is 39.0 Å². The molecule has 0 spiro atoms. The Morgan fingerprint density at radius 1 is 0.913 bits per heavy atom. The van der Waals surface area contributed by atoms with Crippen LogP contribution in [0.2, 0.25) is 0 Å². The summed E-state index contributed by atoms with van der Waals surface area (Å²) < 4.78 is 61.9. The third kappa shape index (κ3) is 5.55. The predicted octanol–water partition coefficient (Wildman–Crippen LogP) is -1.57. The number of nitrogens with two attached hydrogens (primary N) is 1. The molecule has 7 heterocycles. The van der Waals surface area contributed by atoms with Crippen LogP contribution in [-0.4, -0.2) is 115 Å². The number of ether oxygens (including phenoxy) is 3. The number of hydrogen-bond acceptors (Lipinski definition) is 17. The van der Waals surface area contributed by atoms with Gasteiger partial charge in [-0.15, -0.1) is 0 Å². The Morgan fingerprint density at radius 2 is 1.61 bits per heavy atom. The molecule has 7 N–H and O–H groups in total. The zero-order valence-electron chi connectivity index (χ0n) is 23.5. The quantitative estimate of drug-likeness (QED) is 0.130. The summed E-state index contributed by atoms with van der Waals surface area (Å²) in [6.45, 7) is 0.0949. The number of imidazole rings is 2. The molecule has 4 aromatic rings. The van der Waals surface area contributed by atoms with Gasteiger partial charge < -0.3 is 49.5 Å². The van der Waals surface area contributed by atoms with Crippen LogP contribution in [0.5, 0.6) is 0 Å². The van der Waals surface area contributed by atoms with Crippen molar-refractivity contribution in [2.75, 3.05) is 25.3 Å². The normalized spacial score (nSPS) is 37.4. The molecule has 0 aromatic carbocycles. The average Bonchev–Trinajstić information content (AvgIpc) is 3.75. The largest absolute Gasteiger partial charge is 0.472 e. The smallest absolute Gasteiger partial charge is 0.387 e. The fraction of sp³-hybridized carbons (Fsp3) is 0.545. The first-order valence-corrected chi connectivity index (χ1v) is 16.8. The molecule has 248 valence electrons. The van der Waals surface area contributed by atoms with Gasteiger partial charge in [-0.3, -0.25) is 27.5 Å². The minimum atomic E-state index is -5.05. The molecule has 22 nitrogen and oxygen atoms in total. The highest BCUT2D eigenvalue weighted by Crippen LogP contribution is 2.52. The van der Waals surface area contributed by atoms with E-state index >= 15 is 0 Å². The standard InChI is InChI=1S/C22H27N9O13P2/c1-8-28-19-12(20(34)29-8)27-6-31(19)21-14(33)15-10(43-21)3-41-46(37,38)44-16-13(32)9(2-40-45(35,36)7-39-15)42-22(16)30-5-26-11-17(23)24-4-25-18(11)30/h4-6,9-10,13-16,21-22,32-33H,2-3,7H2,1H3,(H,35,36)(H,37,38)(H2,23,24,25)(H,28,29,34)/t9-,10-,13+,14?,15+,16?,21-,22-/m1/s1. The van der Waals surface area contributed by atoms with Crippen molar-refractivity contribution in [2.24, 2.45) is 0 Å². The third-order valence-electron chi connectivity index (χ3n) is 7.64. The van der Waals surface area contributed by atoms with Gasteiger partial charge in [0.05, 0.1) is 25.9 Å². The van der Waals surface area contributed by atoms with Crippen molar-refractivity contribution < 1.29 is 56.9 Å². The second-order valence-corrected chi connectivity index (χ2v) is 13.9. The molecular formula is C22H27N9O13P2. The number of H-pyrrole nitrogens is 1. The van der Waals surface area contributed by atoms with Crippen molar-refractivity contribution in [3.63, 3.8) is 0 Å². The first-order valence-electron chi connectivity index (χ1n) is 13.6. The van der Waals surface area contributed by atoms with Crippen molar-refractivity contribution in [3.05, 3.63) is 35.2 Å². The summed E-state index contributed by atoms with van der Waals surface area (Å²) in [5, 5.41) is 22.3. The number of rotatable bonds is 2. The Balaban J connectivity index is 1.20. The molecule has 0 saturated carbocycles. The lowest BCUT2D eigenvalue weighted by molar-refractivity contribution is -0.0633. The van der Waals surface area contributed by atoms with Crippen LogP contribution in [0.4, 0.5) is 5.82 Å². The number of anilines is 1. The number of hydrogen-bond donors (Lipinski definition) is 6. The average molecular weight is 687 g/mol. The second-order valence-electron chi connectivity index (χ2n) is 10.7. The molecular weight excluding hydrogens is 660 g/mol. The van der Waals surface area contributed by atoms with Gasteiger partial charge in [-0.1, -0.05) is 0 Å². The number of aliphatic hydroxyl groups is 2. The van der Waals surface area contributed by atoms with Crippen LogP contribution in [0, 0.1) is 6.92 Å². The first kappa shape index (κ1) is 31.4. The number of aliphatic hydroxyl groups excluding tert-OH is 2. The molecule has 46 heavy (non-hydrogen) atoms. The number of nitrogens with one attached hydrogen (secondary N) is 1. The van der Waals surface area contributed by atoms with E-state index < -0.39 is 89.6 Å². The van der Waals surface area contributed by atoms with E-state index in [2.05, 4.69) is 29.9 Å². The summed E-state index contributed by atoms with van der Waals surface area (Å²) in [6.07, 6.45) is -9.13. The third-order valence-corrected chi connectivity index (χ3v) is 9.65. The highest BCUT2D eigenvalue weighted by atomic mass is 31.2. The van der Waals surface area contributed by atoms with Crippen LogP contribution in [0.3, 0.4) is 0 Å². The number of aromatic amines is 1. The second kappa shape index (κ2) is 11.5. The van der Waals surface area contributed by atoms with E-state index in [1.54, 1.807) is 0 Å². The van der Waals surface area contributed by atoms with Crippen LogP contribution in [-0.2, 0) is 36.9 Å². The predicted molar refractivity (Wildman–Crippen MR) is 149 cm³/mol. The van der Waals surface area contributed by atoms with Crippen LogP contribution in [0.15, 0.2) is 23.8 Å². The van der Waals surface area contributed by atoms with Crippen LogP contribution < -0.4 is 11.3 Å². The number of phosphoric ester groups is 1. The van der Waals surface area contributed by atoms with E-state index in [1.807, 2.05) is 0 Å². The Bertz CT molecular complexity index is 1950. The maximum atomic E-state index is 13.3. The van der Waals surface area contributed by atoms with E-state index in [4.69, 9.17) is 33.5 Å².